The lowest BCUT2D eigenvalue weighted by Gasteiger charge is -2.23. The summed E-state index contributed by atoms with van der Waals surface area (Å²) < 4.78 is 61.3. The first-order valence-electron chi connectivity index (χ1n) is 22.4. The van der Waals surface area contributed by atoms with Crippen LogP contribution in [0.3, 0.4) is 0 Å². The minimum Gasteiger partial charge on any atom is -0.484 e. The number of esters is 2. The minimum atomic E-state index is -5.05. The predicted molar refractivity (Wildman–Crippen MR) is 243 cm³/mol. The quantitative estimate of drug-likeness (QED) is 0.0536. The fourth-order valence-corrected chi connectivity index (χ4v) is 8.48. The van der Waals surface area contributed by atoms with Crippen molar-refractivity contribution in [1.29, 1.82) is 0 Å². The number of aromatic amines is 1. The number of H-pyrrole nitrogens is 1. The minimum absolute atomic E-state index is 0.0172. The number of benzene rings is 2. The van der Waals surface area contributed by atoms with Crippen molar-refractivity contribution in [2.24, 2.45) is 0 Å². The summed E-state index contributed by atoms with van der Waals surface area (Å²) in [7, 11) is -5.05. The summed E-state index contributed by atoms with van der Waals surface area (Å²) in [6.07, 6.45) is 1.06. The maximum Gasteiger partial charge on any atom is 0.472 e. The van der Waals surface area contributed by atoms with Gasteiger partial charge < -0.3 is 39.0 Å². The second-order valence-corrected chi connectivity index (χ2v) is 17.6. The van der Waals surface area contributed by atoms with Crippen molar-refractivity contribution in [3.63, 3.8) is 0 Å². The number of nitrogen functional groups attached to an aromatic ring is 1. The van der Waals surface area contributed by atoms with Gasteiger partial charge in [-0.1, -0.05) is 51.0 Å². The van der Waals surface area contributed by atoms with E-state index in [-0.39, 0.29) is 42.5 Å². The number of rotatable bonds is 23. The number of aromatic nitrogens is 7. The van der Waals surface area contributed by atoms with Crippen LogP contribution in [0.2, 0.25) is 0 Å². The molecule has 0 saturated carbocycles. The molecule has 7 atom stereocenters. The summed E-state index contributed by atoms with van der Waals surface area (Å²) in [4.78, 5) is 93.1. The number of nitrogens with zero attached hydrogens (tertiary/aromatic N) is 6. The number of carbonyl (C=O) groups is 3. The molecular formula is C44H54N9O15P. The number of anilines is 2. The number of phosphoric ester groups is 1. The Kier molecular flexibility index (Phi) is 16.9. The highest BCUT2D eigenvalue weighted by atomic mass is 31.2. The number of nitrogens with two attached hydrogens (primary N) is 1. The Balaban J connectivity index is 1.05. The largest absolute Gasteiger partial charge is 0.484 e. The van der Waals surface area contributed by atoms with E-state index in [1.54, 1.807) is 24.3 Å². The molecule has 0 radical (unpaired) electrons. The first-order valence-corrected chi connectivity index (χ1v) is 23.9. The van der Waals surface area contributed by atoms with Crippen LogP contribution in [0.1, 0.15) is 82.9 Å². The van der Waals surface area contributed by atoms with Gasteiger partial charge >= 0.3 is 25.5 Å². The highest BCUT2D eigenvalue weighted by Crippen LogP contribution is 2.49. The number of imidazole rings is 1. The number of hydrogen-bond acceptors (Lipinski definition) is 19. The van der Waals surface area contributed by atoms with E-state index in [0.29, 0.717) is 11.5 Å². The molecule has 370 valence electrons. The molecule has 7 rings (SSSR count). The second kappa shape index (κ2) is 23.2. The smallest absolute Gasteiger partial charge is 0.472 e. The Hall–Kier alpha value is -6.56. The van der Waals surface area contributed by atoms with Gasteiger partial charge in [0.1, 0.15) is 61.3 Å². The van der Waals surface area contributed by atoms with Gasteiger partial charge in [0.25, 0.3) is 11.5 Å². The lowest BCUT2D eigenvalue weighted by molar-refractivity contribution is -0.155. The van der Waals surface area contributed by atoms with Crippen molar-refractivity contribution < 1.29 is 61.3 Å². The molecular weight excluding hydrogens is 926 g/mol. The molecule has 2 saturated heterocycles. The van der Waals surface area contributed by atoms with Crippen molar-refractivity contribution >= 4 is 48.7 Å². The first kappa shape index (κ1) is 50.3. The van der Waals surface area contributed by atoms with Gasteiger partial charge in [0.05, 0.1) is 12.9 Å². The molecule has 3 unspecified atom stereocenters. The number of amides is 1. The van der Waals surface area contributed by atoms with Gasteiger partial charge in [0.2, 0.25) is 11.9 Å². The summed E-state index contributed by atoms with van der Waals surface area (Å²) in [5, 5.41) is 2.52. The fraction of sp³-hybridized carbons (Fsp3) is 0.477. The number of phosphoric acid groups is 1. The van der Waals surface area contributed by atoms with E-state index in [0.717, 1.165) is 67.5 Å². The van der Waals surface area contributed by atoms with Crippen LogP contribution < -0.4 is 31.8 Å². The Morgan fingerprint density at radius 2 is 1.43 bits per heavy atom. The molecule has 2 fully saturated rings. The van der Waals surface area contributed by atoms with Gasteiger partial charge in [0.15, 0.2) is 24.4 Å². The highest BCUT2D eigenvalue weighted by molar-refractivity contribution is 7.47. The van der Waals surface area contributed by atoms with E-state index < -0.39 is 93.6 Å². The third-order valence-electron chi connectivity index (χ3n) is 11.0. The molecule has 3 aromatic heterocycles. The Bertz CT molecular complexity index is 2730. The maximum atomic E-state index is 13.6. The number of aryl methyl sites for hydroxylation is 2. The summed E-state index contributed by atoms with van der Waals surface area (Å²) in [5.41, 5.74) is 6.15. The van der Waals surface area contributed by atoms with Crippen LogP contribution in [0.15, 0.2) is 70.8 Å². The molecule has 2 aliphatic rings. The van der Waals surface area contributed by atoms with Gasteiger partial charge in [-0.05, 0) is 61.1 Å². The Labute approximate surface area is 394 Å². The molecule has 2 aromatic carbocycles. The summed E-state index contributed by atoms with van der Waals surface area (Å²) in [6.45, 7) is 3.37. The molecule has 24 nitrogen and oxygen atoms in total. The third kappa shape index (κ3) is 13.8. The number of nitrogens with one attached hydrogen (secondary N) is 2. The van der Waals surface area contributed by atoms with E-state index >= 15 is 0 Å². The lowest BCUT2D eigenvalue weighted by Crippen LogP contribution is -2.33. The molecule has 25 heteroatoms. The van der Waals surface area contributed by atoms with Crippen LogP contribution in [0.25, 0.3) is 11.2 Å². The lowest BCUT2D eigenvalue weighted by atomic mass is 10.1. The summed E-state index contributed by atoms with van der Waals surface area (Å²) in [5.74, 6) is -1.69. The van der Waals surface area contributed by atoms with Crippen molar-refractivity contribution in [3.05, 3.63) is 93.2 Å². The zero-order chi connectivity index (χ0) is 49.1. The first-order chi connectivity index (χ1) is 33.2. The number of hydrogen-bond donors (Lipinski definition) is 4. The van der Waals surface area contributed by atoms with Crippen LogP contribution >= 0.6 is 7.82 Å². The standard InChI is InChI=1S/C44H54N9O15P/c1-4-6-8-27-10-14-29(15-11-27)62-22-35(55)48-43-49-40-39(41(57)50-43)46-24-52(40)36-18-31(67-38(56)23-63-30-16-12-28(13-17-30)9-7-5-2)34(66-36)21-64-69(59,60)68-32-19-37(65-33(32)20-61-26(3)54)53-25-47-42(45)51-44(53)58/h10-17,24-25,31-34,36-37H,4-9,18-23H2,1-3H3,(H,59,60)(H2,45,51,58)(H2,48,49,50,55,57)/t31-,32-,33?,34?,36-,37-/m1/s1. The molecule has 5 heterocycles. The number of unbranched alkanes of at least 4 members (excludes halogenated alkanes) is 2. The van der Waals surface area contributed by atoms with E-state index in [9.17, 15) is 33.4 Å². The van der Waals surface area contributed by atoms with E-state index in [2.05, 4.69) is 44.1 Å². The normalized spacial score (nSPS) is 20.9. The van der Waals surface area contributed by atoms with E-state index in [1.807, 2.05) is 24.3 Å². The highest BCUT2D eigenvalue weighted by Gasteiger charge is 2.45. The Morgan fingerprint density at radius 1 is 0.841 bits per heavy atom. The second-order valence-electron chi connectivity index (χ2n) is 16.2. The zero-order valence-electron chi connectivity index (χ0n) is 38.1. The average molecular weight is 980 g/mol. The number of fused-ring (bicyclic) bond motifs is 1. The SMILES string of the molecule is CCCCc1ccc(OCC(=O)Nc2nc3c(ncn3[C@H]3C[C@@H](OC(=O)COc4ccc(CCCC)cc4)C(COP(=O)(O)O[C@@H]4C[C@H](n5cnc(N)nc5=O)OC4COC(C)=O)O3)c(=O)[nH]2)cc1. The molecule has 0 aliphatic carbocycles. The van der Waals surface area contributed by atoms with Gasteiger partial charge in [0, 0.05) is 19.8 Å². The van der Waals surface area contributed by atoms with Crippen molar-refractivity contribution in [2.75, 3.05) is 37.5 Å². The Morgan fingerprint density at radius 3 is 2.06 bits per heavy atom. The molecule has 5 aromatic rings. The van der Waals surface area contributed by atoms with Crippen LogP contribution in [0, 0.1) is 0 Å². The molecule has 0 bridgehead atoms. The van der Waals surface area contributed by atoms with Gasteiger partial charge in [-0.15, -0.1) is 0 Å². The van der Waals surface area contributed by atoms with Crippen LogP contribution in [-0.2, 0) is 59.8 Å². The summed E-state index contributed by atoms with van der Waals surface area (Å²) in [6, 6.07) is 14.7. The van der Waals surface area contributed by atoms with Crippen LogP contribution in [-0.4, -0.2) is 108 Å². The van der Waals surface area contributed by atoms with Crippen LogP contribution in [0.4, 0.5) is 11.9 Å². The summed E-state index contributed by atoms with van der Waals surface area (Å²) >= 11 is 0. The van der Waals surface area contributed by atoms with Crippen molar-refractivity contribution in [1.82, 2.24) is 34.1 Å². The van der Waals surface area contributed by atoms with E-state index in [4.69, 9.17) is 43.2 Å². The van der Waals surface area contributed by atoms with Crippen molar-refractivity contribution in [3.8, 4) is 11.5 Å². The maximum absolute atomic E-state index is 13.6. The van der Waals surface area contributed by atoms with Crippen molar-refractivity contribution in [2.45, 2.75) is 109 Å². The topological polar surface area (TPSA) is 312 Å². The molecule has 69 heavy (non-hydrogen) atoms. The van der Waals surface area contributed by atoms with Gasteiger partial charge in [-0.2, -0.15) is 9.97 Å². The third-order valence-corrected chi connectivity index (χ3v) is 12.0. The number of ether oxygens (including phenoxy) is 6. The molecule has 5 N–H and O–H groups in total. The molecule has 2 aliphatic heterocycles. The fourth-order valence-electron chi connectivity index (χ4n) is 7.52. The zero-order valence-corrected chi connectivity index (χ0v) is 39.0. The molecule has 1 amide bonds. The predicted octanol–water partition coefficient (Wildman–Crippen LogP) is 3.69. The van der Waals surface area contributed by atoms with Gasteiger partial charge in [-0.3, -0.25) is 42.9 Å². The van der Waals surface area contributed by atoms with E-state index in [1.165, 1.54) is 10.9 Å². The molecule has 0 spiro atoms. The van der Waals surface area contributed by atoms with Gasteiger partial charge in [-0.25, -0.2) is 24.1 Å². The average Bonchev–Trinajstić information content (AvgIpc) is 4.05. The number of carbonyl (C=O) groups excluding carboxylic acids is 3. The van der Waals surface area contributed by atoms with Crippen LogP contribution in [0.5, 0.6) is 11.5 Å². The monoisotopic (exact) mass is 979 g/mol.